The third-order valence-corrected chi connectivity index (χ3v) is 4.41. The molecule has 0 aromatic rings. The number of hydrogen-bond acceptors (Lipinski definition) is 2. The van der Waals surface area contributed by atoms with E-state index in [9.17, 15) is 4.79 Å². The maximum Gasteiger partial charge on any atom is 0.223 e. The highest BCUT2D eigenvalue weighted by Gasteiger charge is 2.32. The molecule has 0 radical (unpaired) electrons. The first-order valence-corrected chi connectivity index (χ1v) is 8.48. The molecule has 0 saturated heterocycles. The highest BCUT2D eigenvalue weighted by atomic mass is 79.9. The van der Waals surface area contributed by atoms with Gasteiger partial charge in [-0.2, -0.15) is 0 Å². The van der Waals surface area contributed by atoms with Crippen molar-refractivity contribution in [2.24, 2.45) is 17.3 Å². The minimum Gasteiger partial charge on any atom is -0.379 e. The molecule has 0 aliphatic heterocycles. The summed E-state index contributed by atoms with van der Waals surface area (Å²) in [5.74, 6) is 1.20. The van der Waals surface area contributed by atoms with E-state index in [2.05, 4.69) is 42.0 Å². The predicted molar refractivity (Wildman–Crippen MR) is 82.5 cm³/mol. The predicted octanol–water partition coefficient (Wildman–Crippen LogP) is 3.37. The largest absolute Gasteiger partial charge is 0.379 e. The summed E-state index contributed by atoms with van der Waals surface area (Å²) >= 11 is 3.30. The molecule has 0 unspecified atom stereocenters. The molecule has 1 rings (SSSR count). The molecular formula is C15H28BrNO2. The molecule has 0 aromatic heterocycles. The zero-order chi connectivity index (χ0) is 14.3. The maximum absolute atomic E-state index is 12.0. The fourth-order valence-electron chi connectivity index (χ4n) is 2.77. The summed E-state index contributed by atoms with van der Waals surface area (Å²) in [6.07, 6.45) is 4.44. The second-order valence-electron chi connectivity index (χ2n) is 6.51. The van der Waals surface area contributed by atoms with Gasteiger partial charge in [-0.25, -0.2) is 0 Å². The van der Waals surface area contributed by atoms with Crippen LogP contribution >= 0.6 is 15.9 Å². The molecule has 0 atom stereocenters. The maximum atomic E-state index is 12.0. The fraction of sp³-hybridized carbons (Fsp3) is 0.933. The van der Waals surface area contributed by atoms with Crippen LogP contribution in [-0.2, 0) is 9.53 Å². The molecule has 0 spiro atoms. The van der Waals surface area contributed by atoms with Crippen molar-refractivity contribution in [1.82, 2.24) is 5.32 Å². The van der Waals surface area contributed by atoms with Crippen LogP contribution in [0.5, 0.6) is 0 Å². The van der Waals surface area contributed by atoms with Crippen LogP contribution in [0.15, 0.2) is 0 Å². The van der Waals surface area contributed by atoms with E-state index in [1.165, 1.54) is 12.8 Å². The van der Waals surface area contributed by atoms with Gasteiger partial charge >= 0.3 is 0 Å². The van der Waals surface area contributed by atoms with Crippen LogP contribution < -0.4 is 5.32 Å². The Balaban J connectivity index is 2.18. The monoisotopic (exact) mass is 333 g/mol. The van der Waals surface area contributed by atoms with Gasteiger partial charge in [-0.1, -0.05) is 36.7 Å². The number of nitrogens with one attached hydrogen (secondary N) is 1. The van der Waals surface area contributed by atoms with E-state index in [0.717, 1.165) is 24.1 Å². The minimum atomic E-state index is 0.217. The van der Waals surface area contributed by atoms with Crippen LogP contribution in [0.1, 0.15) is 46.5 Å². The summed E-state index contributed by atoms with van der Waals surface area (Å²) in [7, 11) is 0. The molecular weight excluding hydrogens is 306 g/mol. The van der Waals surface area contributed by atoms with Gasteiger partial charge in [0, 0.05) is 17.8 Å². The molecule has 1 amide bonds. The summed E-state index contributed by atoms with van der Waals surface area (Å²) < 4.78 is 5.32. The molecule has 1 aliphatic rings. The number of ether oxygens (including phenoxy) is 1. The number of hydrogen-bond donors (Lipinski definition) is 1. The van der Waals surface area contributed by atoms with E-state index < -0.39 is 0 Å². The molecule has 112 valence electrons. The molecule has 0 bridgehead atoms. The van der Waals surface area contributed by atoms with Crippen LogP contribution in [-0.4, -0.2) is 31.0 Å². The Morgan fingerprint density at radius 2 is 1.84 bits per heavy atom. The Morgan fingerprint density at radius 1 is 1.21 bits per heavy atom. The molecule has 19 heavy (non-hydrogen) atoms. The van der Waals surface area contributed by atoms with Gasteiger partial charge in [-0.05, 0) is 37.0 Å². The molecule has 0 aromatic carbocycles. The van der Waals surface area contributed by atoms with Gasteiger partial charge in [-0.3, -0.25) is 4.79 Å². The SMILES string of the molecule is CC(C)(C)C1CCC(C(=O)NCCOCCBr)CC1. The average molecular weight is 334 g/mol. The first kappa shape index (κ1) is 17.0. The second-order valence-corrected chi connectivity index (χ2v) is 7.30. The van der Waals surface area contributed by atoms with Gasteiger partial charge in [0.15, 0.2) is 0 Å². The summed E-state index contributed by atoms with van der Waals surface area (Å²) in [6, 6.07) is 0. The van der Waals surface area contributed by atoms with E-state index in [4.69, 9.17) is 4.74 Å². The van der Waals surface area contributed by atoms with E-state index in [1.54, 1.807) is 0 Å². The first-order chi connectivity index (χ1) is 8.95. The third kappa shape index (κ3) is 6.26. The van der Waals surface area contributed by atoms with Crippen molar-refractivity contribution >= 4 is 21.8 Å². The average Bonchev–Trinajstić information content (AvgIpc) is 2.37. The van der Waals surface area contributed by atoms with Crippen LogP contribution in [0.4, 0.5) is 0 Å². The van der Waals surface area contributed by atoms with Gasteiger partial charge in [0.05, 0.1) is 13.2 Å². The van der Waals surface area contributed by atoms with Crippen molar-refractivity contribution in [2.45, 2.75) is 46.5 Å². The molecule has 4 heteroatoms. The smallest absolute Gasteiger partial charge is 0.223 e. The zero-order valence-electron chi connectivity index (χ0n) is 12.5. The van der Waals surface area contributed by atoms with Crippen LogP contribution in [0.2, 0.25) is 0 Å². The molecule has 0 heterocycles. The Bertz CT molecular complexity index is 268. The van der Waals surface area contributed by atoms with Crippen molar-refractivity contribution in [1.29, 1.82) is 0 Å². The highest BCUT2D eigenvalue weighted by Crippen LogP contribution is 2.39. The van der Waals surface area contributed by atoms with E-state index in [0.29, 0.717) is 25.2 Å². The van der Waals surface area contributed by atoms with Gasteiger partial charge in [0.25, 0.3) is 0 Å². The standard InChI is InChI=1S/C15H28BrNO2/c1-15(2,3)13-6-4-12(5-7-13)14(18)17-9-11-19-10-8-16/h12-13H,4-11H2,1-3H3,(H,17,18). The number of alkyl halides is 1. The molecule has 1 aliphatic carbocycles. The van der Waals surface area contributed by atoms with Gasteiger partial charge in [0.1, 0.15) is 0 Å². The number of halogens is 1. The van der Waals surface area contributed by atoms with Crippen molar-refractivity contribution in [3.05, 3.63) is 0 Å². The van der Waals surface area contributed by atoms with Crippen molar-refractivity contribution in [3.63, 3.8) is 0 Å². The van der Waals surface area contributed by atoms with E-state index in [1.807, 2.05) is 0 Å². The molecule has 1 N–H and O–H groups in total. The third-order valence-electron chi connectivity index (χ3n) is 4.09. The van der Waals surface area contributed by atoms with Crippen molar-refractivity contribution < 1.29 is 9.53 Å². The van der Waals surface area contributed by atoms with Crippen LogP contribution in [0.3, 0.4) is 0 Å². The quantitative estimate of drug-likeness (QED) is 0.597. The number of amides is 1. The topological polar surface area (TPSA) is 38.3 Å². The number of carbonyl (C=O) groups excluding carboxylic acids is 1. The Hall–Kier alpha value is -0.0900. The fourth-order valence-corrected chi connectivity index (χ4v) is 3.00. The number of rotatable bonds is 6. The van der Waals surface area contributed by atoms with E-state index in [-0.39, 0.29) is 11.8 Å². The molecule has 1 saturated carbocycles. The zero-order valence-corrected chi connectivity index (χ0v) is 14.1. The van der Waals surface area contributed by atoms with Crippen molar-refractivity contribution in [2.75, 3.05) is 25.1 Å². The Morgan fingerprint density at radius 3 is 2.37 bits per heavy atom. The molecule has 3 nitrogen and oxygen atoms in total. The Labute approximate surface area is 126 Å². The number of carbonyl (C=O) groups is 1. The van der Waals surface area contributed by atoms with E-state index >= 15 is 0 Å². The minimum absolute atomic E-state index is 0.217. The lowest BCUT2D eigenvalue weighted by molar-refractivity contribution is -0.126. The highest BCUT2D eigenvalue weighted by molar-refractivity contribution is 9.09. The lowest BCUT2D eigenvalue weighted by Crippen LogP contribution is -2.36. The summed E-state index contributed by atoms with van der Waals surface area (Å²) in [5, 5.41) is 3.83. The van der Waals surface area contributed by atoms with Gasteiger partial charge in [0.2, 0.25) is 5.91 Å². The second kappa shape index (κ2) is 8.25. The lowest BCUT2D eigenvalue weighted by atomic mass is 9.70. The van der Waals surface area contributed by atoms with Crippen LogP contribution in [0.25, 0.3) is 0 Å². The van der Waals surface area contributed by atoms with Crippen molar-refractivity contribution in [3.8, 4) is 0 Å². The normalized spacial score (nSPS) is 24.2. The first-order valence-electron chi connectivity index (χ1n) is 7.36. The summed E-state index contributed by atoms with van der Waals surface area (Å²) in [6.45, 7) is 8.85. The lowest BCUT2D eigenvalue weighted by Gasteiger charge is -2.36. The van der Waals surface area contributed by atoms with Crippen LogP contribution in [0, 0.1) is 17.3 Å². The molecule has 1 fully saturated rings. The van der Waals surface area contributed by atoms with Gasteiger partial charge < -0.3 is 10.1 Å². The summed E-state index contributed by atoms with van der Waals surface area (Å²) in [5.41, 5.74) is 0.380. The Kier molecular flexibility index (Phi) is 7.37. The van der Waals surface area contributed by atoms with Gasteiger partial charge in [-0.15, -0.1) is 0 Å². The summed E-state index contributed by atoms with van der Waals surface area (Å²) in [4.78, 5) is 12.0.